The zero-order valence-corrected chi connectivity index (χ0v) is 15.5. The van der Waals surface area contributed by atoms with Gasteiger partial charge in [-0.2, -0.15) is 5.10 Å². The minimum absolute atomic E-state index is 0.0800. The van der Waals surface area contributed by atoms with Crippen molar-refractivity contribution < 1.29 is 4.79 Å². The van der Waals surface area contributed by atoms with Crippen molar-refractivity contribution in [2.24, 2.45) is 0 Å². The number of hydrogen-bond donors (Lipinski definition) is 2. The Hall–Kier alpha value is -3.49. The number of carbonyl (C=O) groups excluding carboxylic acids is 1. The molecule has 4 rings (SSSR count). The number of aromatic amines is 1. The van der Waals surface area contributed by atoms with Gasteiger partial charge in [0.2, 0.25) is 5.95 Å². The highest BCUT2D eigenvalue weighted by Gasteiger charge is 2.28. The predicted octanol–water partition coefficient (Wildman–Crippen LogP) is 1.41. The van der Waals surface area contributed by atoms with E-state index >= 15 is 0 Å². The summed E-state index contributed by atoms with van der Waals surface area (Å²) in [5, 5.41) is 9.65. The van der Waals surface area contributed by atoms with Gasteiger partial charge in [-0.25, -0.2) is 24.4 Å². The fraction of sp³-hybridized carbons (Fsp3) is 0.316. The molecule has 3 heterocycles. The topological polar surface area (TPSA) is 109 Å². The van der Waals surface area contributed by atoms with E-state index < -0.39 is 0 Å². The van der Waals surface area contributed by atoms with Gasteiger partial charge in [0.05, 0.1) is 11.3 Å². The number of likely N-dealkylation sites (tertiary alicyclic amines) is 1. The van der Waals surface area contributed by atoms with E-state index in [-0.39, 0.29) is 17.5 Å². The summed E-state index contributed by atoms with van der Waals surface area (Å²) in [6.07, 6.45) is 4.54. The lowest BCUT2D eigenvalue weighted by atomic mass is 9.95. The van der Waals surface area contributed by atoms with Crippen molar-refractivity contribution in [1.29, 1.82) is 0 Å². The SMILES string of the molecule is CNc1ncc(C(=O)N2CCC(c3n[nH]c(=O)n3-c3ccccc3)CC2)cn1. The molecule has 3 aromatic rings. The molecule has 0 unspecified atom stereocenters. The van der Waals surface area contributed by atoms with Crippen LogP contribution in [-0.4, -0.2) is 55.7 Å². The van der Waals surface area contributed by atoms with E-state index in [0.717, 1.165) is 18.5 Å². The average Bonchev–Trinajstić information content (AvgIpc) is 3.15. The molecule has 144 valence electrons. The van der Waals surface area contributed by atoms with Crippen molar-refractivity contribution in [3.05, 3.63) is 64.6 Å². The number of piperidine rings is 1. The maximum atomic E-state index is 12.7. The first-order chi connectivity index (χ1) is 13.7. The second kappa shape index (κ2) is 7.63. The Labute approximate surface area is 161 Å². The van der Waals surface area contributed by atoms with E-state index in [1.165, 1.54) is 12.4 Å². The van der Waals surface area contributed by atoms with Crippen LogP contribution in [0.3, 0.4) is 0 Å². The van der Waals surface area contributed by atoms with Gasteiger partial charge in [-0.15, -0.1) is 0 Å². The Balaban J connectivity index is 1.48. The molecule has 28 heavy (non-hydrogen) atoms. The number of carbonyl (C=O) groups is 1. The number of hydrogen-bond acceptors (Lipinski definition) is 6. The molecule has 1 saturated heterocycles. The number of rotatable bonds is 4. The molecule has 1 aliphatic heterocycles. The number of nitrogens with one attached hydrogen (secondary N) is 2. The molecule has 9 nitrogen and oxygen atoms in total. The molecule has 1 fully saturated rings. The molecule has 0 aliphatic carbocycles. The van der Waals surface area contributed by atoms with Gasteiger partial charge in [-0.05, 0) is 25.0 Å². The Kier molecular flexibility index (Phi) is 4.88. The van der Waals surface area contributed by atoms with Gasteiger partial charge in [0.25, 0.3) is 5.91 Å². The summed E-state index contributed by atoms with van der Waals surface area (Å²) in [5.41, 5.74) is 1.01. The van der Waals surface area contributed by atoms with E-state index in [9.17, 15) is 9.59 Å². The Bertz CT molecular complexity index is 1000. The minimum Gasteiger partial charge on any atom is -0.357 e. The van der Waals surface area contributed by atoms with Gasteiger partial charge in [0.1, 0.15) is 5.82 Å². The fourth-order valence-corrected chi connectivity index (χ4v) is 3.50. The van der Waals surface area contributed by atoms with E-state index in [4.69, 9.17) is 0 Å². The highest BCUT2D eigenvalue weighted by molar-refractivity contribution is 5.93. The lowest BCUT2D eigenvalue weighted by Gasteiger charge is -2.31. The number of nitrogens with zero attached hydrogens (tertiary/aromatic N) is 5. The number of H-pyrrole nitrogens is 1. The van der Waals surface area contributed by atoms with Crippen LogP contribution in [0.15, 0.2) is 47.5 Å². The maximum absolute atomic E-state index is 12.7. The zero-order valence-electron chi connectivity index (χ0n) is 15.5. The molecule has 1 amide bonds. The fourth-order valence-electron chi connectivity index (χ4n) is 3.50. The molecule has 2 N–H and O–H groups in total. The molecular formula is C19H21N7O2. The summed E-state index contributed by atoms with van der Waals surface area (Å²) in [6.45, 7) is 1.18. The lowest BCUT2D eigenvalue weighted by molar-refractivity contribution is 0.0710. The maximum Gasteiger partial charge on any atom is 0.347 e. The second-order valence-electron chi connectivity index (χ2n) is 6.67. The predicted molar refractivity (Wildman–Crippen MR) is 104 cm³/mol. The lowest BCUT2D eigenvalue weighted by Crippen LogP contribution is -2.38. The van der Waals surface area contributed by atoms with E-state index in [1.54, 1.807) is 16.5 Å². The van der Waals surface area contributed by atoms with E-state index in [0.29, 0.717) is 30.4 Å². The van der Waals surface area contributed by atoms with E-state index in [2.05, 4.69) is 25.5 Å². The average molecular weight is 379 g/mol. The van der Waals surface area contributed by atoms with Gasteiger partial charge in [0.15, 0.2) is 0 Å². The van der Waals surface area contributed by atoms with Crippen molar-refractivity contribution in [1.82, 2.24) is 29.6 Å². The molecule has 0 radical (unpaired) electrons. The van der Waals surface area contributed by atoms with Crippen LogP contribution < -0.4 is 11.0 Å². The van der Waals surface area contributed by atoms with Gasteiger partial charge in [-0.3, -0.25) is 4.79 Å². The first-order valence-corrected chi connectivity index (χ1v) is 9.19. The molecule has 0 bridgehead atoms. The summed E-state index contributed by atoms with van der Waals surface area (Å²) < 4.78 is 1.62. The summed E-state index contributed by atoms with van der Waals surface area (Å²) in [4.78, 5) is 34.9. The Morgan fingerprint density at radius 1 is 1.14 bits per heavy atom. The number of benzene rings is 1. The highest BCUT2D eigenvalue weighted by atomic mass is 16.2. The van der Waals surface area contributed by atoms with Crippen LogP contribution in [0.25, 0.3) is 5.69 Å². The van der Waals surface area contributed by atoms with Crippen LogP contribution in [0, 0.1) is 0 Å². The van der Waals surface area contributed by atoms with Gasteiger partial charge < -0.3 is 10.2 Å². The van der Waals surface area contributed by atoms with Crippen LogP contribution in [0.4, 0.5) is 5.95 Å². The van der Waals surface area contributed by atoms with Crippen LogP contribution >= 0.6 is 0 Å². The molecule has 9 heteroatoms. The van der Waals surface area contributed by atoms with Gasteiger partial charge >= 0.3 is 5.69 Å². The number of amides is 1. The van der Waals surface area contributed by atoms with Crippen LogP contribution in [0.1, 0.15) is 34.9 Å². The number of aromatic nitrogens is 5. The summed E-state index contributed by atoms with van der Waals surface area (Å²) in [7, 11) is 1.73. The normalized spacial score (nSPS) is 14.8. The molecule has 0 spiro atoms. The van der Waals surface area contributed by atoms with Crippen LogP contribution in [-0.2, 0) is 0 Å². The van der Waals surface area contributed by atoms with E-state index in [1.807, 2.05) is 30.3 Å². The summed E-state index contributed by atoms with van der Waals surface area (Å²) in [6, 6.07) is 9.45. The first-order valence-electron chi connectivity index (χ1n) is 9.19. The molecular weight excluding hydrogens is 358 g/mol. The molecule has 2 aromatic heterocycles. The third-order valence-electron chi connectivity index (χ3n) is 4.98. The monoisotopic (exact) mass is 379 g/mol. The summed E-state index contributed by atoms with van der Waals surface area (Å²) >= 11 is 0. The molecule has 0 saturated carbocycles. The third-order valence-corrected chi connectivity index (χ3v) is 4.98. The van der Waals surface area contributed by atoms with Crippen molar-refractivity contribution in [2.45, 2.75) is 18.8 Å². The van der Waals surface area contributed by atoms with Crippen LogP contribution in [0.2, 0.25) is 0 Å². The van der Waals surface area contributed by atoms with Gasteiger partial charge in [-0.1, -0.05) is 18.2 Å². The standard InChI is InChI=1S/C19H21N7O2/c1-20-18-21-11-14(12-22-18)17(27)25-9-7-13(8-10-25)16-23-24-19(28)26(16)15-5-3-2-4-6-15/h2-6,11-13H,7-10H2,1H3,(H,24,28)(H,20,21,22). The Morgan fingerprint density at radius 2 is 1.82 bits per heavy atom. The molecule has 1 aliphatic rings. The first kappa shape index (κ1) is 17.9. The third kappa shape index (κ3) is 3.38. The number of anilines is 1. The molecule has 0 atom stereocenters. The van der Waals surface area contributed by atoms with Crippen molar-refractivity contribution in [3.8, 4) is 5.69 Å². The second-order valence-corrected chi connectivity index (χ2v) is 6.67. The minimum atomic E-state index is -0.249. The number of para-hydroxylation sites is 1. The highest BCUT2D eigenvalue weighted by Crippen LogP contribution is 2.28. The van der Waals surface area contributed by atoms with Crippen molar-refractivity contribution >= 4 is 11.9 Å². The van der Waals surface area contributed by atoms with Crippen molar-refractivity contribution in [3.63, 3.8) is 0 Å². The van der Waals surface area contributed by atoms with Crippen LogP contribution in [0.5, 0.6) is 0 Å². The summed E-state index contributed by atoms with van der Waals surface area (Å²) in [5.74, 6) is 1.22. The Morgan fingerprint density at radius 3 is 2.46 bits per heavy atom. The van der Waals surface area contributed by atoms with Crippen molar-refractivity contribution in [2.75, 3.05) is 25.5 Å². The smallest absolute Gasteiger partial charge is 0.347 e. The van der Waals surface area contributed by atoms with Gasteiger partial charge in [0, 0.05) is 38.4 Å². The zero-order chi connectivity index (χ0) is 19.5. The quantitative estimate of drug-likeness (QED) is 0.709. The largest absolute Gasteiger partial charge is 0.357 e. The molecule has 1 aromatic carbocycles.